The second kappa shape index (κ2) is 8.13. The van der Waals surface area contributed by atoms with Crippen molar-refractivity contribution in [1.29, 1.82) is 0 Å². The molecule has 0 aromatic heterocycles. The summed E-state index contributed by atoms with van der Waals surface area (Å²) in [6.07, 6.45) is 1.67. The monoisotopic (exact) mass is 311 g/mol. The summed E-state index contributed by atoms with van der Waals surface area (Å²) >= 11 is 0. The molecule has 0 aliphatic rings. The largest absolute Gasteiger partial charge is 0.481 e. The average Bonchev–Trinajstić information content (AvgIpc) is 2.53. The summed E-state index contributed by atoms with van der Waals surface area (Å²) in [5, 5.41) is 11.6. The molecule has 2 rings (SSSR count). The number of carboxylic acids is 1. The van der Waals surface area contributed by atoms with Crippen molar-refractivity contribution in [3.8, 4) is 0 Å². The van der Waals surface area contributed by atoms with Crippen LogP contribution in [0.4, 0.5) is 5.69 Å². The van der Waals surface area contributed by atoms with Gasteiger partial charge in [-0.15, -0.1) is 0 Å². The first kappa shape index (κ1) is 16.7. The van der Waals surface area contributed by atoms with Gasteiger partial charge in [0.25, 0.3) is 0 Å². The Morgan fingerprint density at radius 3 is 2.35 bits per heavy atom. The molecule has 0 saturated heterocycles. The smallest absolute Gasteiger partial charge is 0.303 e. The lowest BCUT2D eigenvalue weighted by Gasteiger charge is -2.07. The van der Waals surface area contributed by atoms with Crippen LogP contribution in [0.1, 0.15) is 29.5 Å². The zero-order valence-electron chi connectivity index (χ0n) is 13.2. The van der Waals surface area contributed by atoms with Gasteiger partial charge >= 0.3 is 5.97 Å². The van der Waals surface area contributed by atoms with Crippen molar-refractivity contribution in [2.45, 2.75) is 32.6 Å². The molecule has 4 heteroatoms. The van der Waals surface area contributed by atoms with Crippen molar-refractivity contribution < 1.29 is 14.7 Å². The fourth-order valence-corrected chi connectivity index (χ4v) is 2.29. The Morgan fingerprint density at radius 2 is 1.65 bits per heavy atom. The molecule has 0 fully saturated rings. The van der Waals surface area contributed by atoms with E-state index in [1.165, 1.54) is 5.56 Å². The van der Waals surface area contributed by atoms with Crippen LogP contribution in [0.5, 0.6) is 0 Å². The van der Waals surface area contributed by atoms with Gasteiger partial charge < -0.3 is 10.4 Å². The van der Waals surface area contributed by atoms with Crippen molar-refractivity contribution >= 4 is 17.6 Å². The van der Waals surface area contributed by atoms with Gasteiger partial charge in [0, 0.05) is 18.5 Å². The second-order valence-corrected chi connectivity index (χ2v) is 5.63. The number of hydrogen-bond donors (Lipinski definition) is 2. The Balaban J connectivity index is 1.86. The number of benzene rings is 2. The van der Waals surface area contributed by atoms with E-state index in [0.717, 1.165) is 11.1 Å². The van der Waals surface area contributed by atoms with Crippen molar-refractivity contribution in [2.75, 3.05) is 5.32 Å². The molecule has 0 unspecified atom stereocenters. The highest BCUT2D eigenvalue weighted by atomic mass is 16.4. The van der Waals surface area contributed by atoms with Crippen molar-refractivity contribution in [2.24, 2.45) is 0 Å². The first-order valence-corrected chi connectivity index (χ1v) is 7.69. The van der Waals surface area contributed by atoms with E-state index in [2.05, 4.69) is 5.32 Å². The third-order valence-electron chi connectivity index (χ3n) is 3.60. The number of carboxylic acid groups (broad SMARTS) is 1. The number of nitrogens with one attached hydrogen (secondary N) is 1. The van der Waals surface area contributed by atoms with Gasteiger partial charge in [-0.05, 0) is 43.0 Å². The van der Waals surface area contributed by atoms with Gasteiger partial charge in [-0.3, -0.25) is 9.59 Å². The van der Waals surface area contributed by atoms with E-state index < -0.39 is 5.97 Å². The molecule has 0 bridgehead atoms. The SMILES string of the molecule is Cc1ccc(CCC(=O)Nc2cccc(CCC(=O)O)c2)cc1. The first-order chi connectivity index (χ1) is 11.0. The molecule has 2 aromatic rings. The van der Waals surface area contributed by atoms with Crippen LogP contribution in [0.3, 0.4) is 0 Å². The fraction of sp³-hybridized carbons (Fsp3) is 0.263. The molecule has 0 spiro atoms. The number of rotatable bonds is 7. The summed E-state index contributed by atoms with van der Waals surface area (Å²) in [4.78, 5) is 22.6. The summed E-state index contributed by atoms with van der Waals surface area (Å²) in [7, 11) is 0. The molecule has 2 N–H and O–H groups in total. The third kappa shape index (κ3) is 5.94. The van der Waals surface area contributed by atoms with Crippen LogP contribution < -0.4 is 5.32 Å². The van der Waals surface area contributed by atoms with E-state index in [4.69, 9.17) is 5.11 Å². The summed E-state index contributed by atoms with van der Waals surface area (Å²) in [5.74, 6) is -0.863. The van der Waals surface area contributed by atoms with Gasteiger partial charge in [0.15, 0.2) is 0 Å². The maximum Gasteiger partial charge on any atom is 0.303 e. The minimum Gasteiger partial charge on any atom is -0.481 e. The molecule has 1 amide bonds. The Bertz CT molecular complexity index is 677. The number of amides is 1. The van der Waals surface area contributed by atoms with E-state index in [9.17, 15) is 9.59 Å². The zero-order valence-corrected chi connectivity index (χ0v) is 13.2. The molecular formula is C19H21NO3. The molecule has 0 aliphatic heterocycles. The van der Waals surface area contributed by atoms with Crippen LogP contribution in [0.15, 0.2) is 48.5 Å². The van der Waals surface area contributed by atoms with Crippen LogP contribution in [-0.2, 0) is 22.4 Å². The van der Waals surface area contributed by atoms with Crippen LogP contribution in [0.25, 0.3) is 0 Å². The minimum absolute atomic E-state index is 0.0408. The van der Waals surface area contributed by atoms with Gasteiger partial charge in [0.1, 0.15) is 0 Å². The summed E-state index contributed by atoms with van der Waals surface area (Å²) in [5.41, 5.74) is 3.96. The predicted molar refractivity (Wildman–Crippen MR) is 90.5 cm³/mol. The van der Waals surface area contributed by atoms with Crippen LogP contribution in [-0.4, -0.2) is 17.0 Å². The fourth-order valence-electron chi connectivity index (χ4n) is 2.29. The Morgan fingerprint density at radius 1 is 0.957 bits per heavy atom. The maximum atomic E-state index is 12.0. The zero-order chi connectivity index (χ0) is 16.7. The van der Waals surface area contributed by atoms with Gasteiger partial charge in [0.05, 0.1) is 0 Å². The highest BCUT2D eigenvalue weighted by molar-refractivity contribution is 5.90. The van der Waals surface area contributed by atoms with E-state index >= 15 is 0 Å². The molecule has 0 saturated carbocycles. The van der Waals surface area contributed by atoms with Gasteiger partial charge in [-0.25, -0.2) is 0 Å². The number of hydrogen-bond acceptors (Lipinski definition) is 2. The van der Waals surface area contributed by atoms with E-state index in [1.807, 2.05) is 55.5 Å². The number of carbonyl (C=O) groups excluding carboxylic acids is 1. The highest BCUT2D eigenvalue weighted by Gasteiger charge is 2.05. The normalized spacial score (nSPS) is 10.3. The predicted octanol–water partition coefficient (Wildman–Crippen LogP) is 3.58. The molecule has 0 radical (unpaired) electrons. The Labute approximate surface area is 136 Å². The van der Waals surface area contributed by atoms with Crippen LogP contribution >= 0.6 is 0 Å². The Kier molecular flexibility index (Phi) is 5.92. The highest BCUT2D eigenvalue weighted by Crippen LogP contribution is 2.13. The van der Waals surface area contributed by atoms with E-state index in [0.29, 0.717) is 24.9 Å². The van der Waals surface area contributed by atoms with Gasteiger partial charge in [0.2, 0.25) is 5.91 Å². The molecule has 0 heterocycles. The average molecular weight is 311 g/mol. The standard InChI is InChI=1S/C19H21NO3/c1-14-5-7-15(8-6-14)9-11-18(21)20-17-4-2-3-16(13-17)10-12-19(22)23/h2-8,13H,9-12H2,1H3,(H,20,21)(H,22,23). The van der Waals surface area contributed by atoms with Gasteiger partial charge in [-0.1, -0.05) is 42.0 Å². The summed E-state index contributed by atoms with van der Waals surface area (Å²) in [6.45, 7) is 2.04. The van der Waals surface area contributed by atoms with Crippen molar-refractivity contribution in [3.05, 3.63) is 65.2 Å². The summed E-state index contributed by atoms with van der Waals surface area (Å²) < 4.78 is 0. The lowest BCUT2D eigenvalue weighted by Crippen LogP contribution is -2.12. The quantitative estimate of drug-likeness (QED) is 0.821. The van der Waals surface area contributed by atoms with E-state index in [-0.39, 0.29) is 12.3 Å². The number of aryl methyl sites for hydroxylation is 3. The molecule has 120 valence electrons. The van der Waals surface area contributed by atoms with Crippen LogP contribution in [0, 0.1) is 6.92 Å². The Hall–Kier alpha value is -2.62. The number of aliphatic carboxylic acids is 1. The van der Waals surface area contributed by atoms with Gasteiger partial charge in [-0.2, -0.15) is 0 Å². The second-order valence-electron chi connectivity index (χ2n) is 5.63. The third-order valence-corrected chi connectivity index (χ3v) is 3.60. The minimum atomic E-state index is -0.822. The molecule has 2 aromatic carbocycles. The molecule has 23 heavy (non-hydrogen) atoms. The lowest BCUT2D eigenvalue weighted by atomic mass is 10.1. The molecule has 4 nitrogen and oxygen atoms in total. The molecular weight excluding hydrogens is 290 g/mol. The molecule has 0 aliphatic carbocycles. The van der Waals surface area contributed by atoms with Crippen LogP contribution in [0.2, 0.25) is 0 Å². The topological polar surface area (TPSA) is 66.4 Å². The number of anilines is 1. The van der Waals surface area contributed by atoms with Crippen molar-refractivity contribution in [1.82, 2.24) is 0 Å². The molecule has 0 atom stereocenters. The maximum absolute atomic E-state index is 12.0. The van der Waals surface area contributed by atoms with E-state index in [1.54, 1.807) is 0 Å². The van der Waals surface area contributed by atoms with Crippen molar-refractivity contribution in [3.63, 3.8) is 0 Å². The first-order valence-electron chi connectivity index (χ1n) is 7.69. The summed E-state index contributed by atoms with van der Waals surface area (Å²) in [6, 6.07) is 15.5. The number of carbonyl (C=O) groups is 2. The lowest BCUT2D eigenvalue weighted by molar-refractivity contribution is -0.137.